The maximum absolute atomic E-state index is 11.6. The Morgan fingerprint density at radius 2 is 1.89 bits per heavy atom. The number of esters is 1. The van der Waals surface area contributed by atoms with Crippen LogP contribution < -0.4 is 5.32 Å². The van der Waals surface area contributed by atoms with Crippen LogP contribution >= 0.6 is 0 Å². The van der Waals surface area contributed by atoms with Gasteiger partial charge in [-0.3, -0.25) is 4.79 Å². The van der Waals surface area contributed by atoms with Crippen LogP contribution in [0.5, 0.6) is 0 Å². The van der Waals surface area contributed by atoms with Gasteiger partial charge in [0.2, 0.25) is 5.91 Å². The SMILES string of the molecule is CCCc1ccc(C(NC(C)=O)C(=O)OC)cc1. The molecule has 0 radical (unpaired) electrons. The van der Waals surface area contributed by atoms with Crippen molar-refractivity contribution in [3.05, 3.63) is 35.4 Å². The van der Waals surface area contributed by atoms with E-state index in [1.165, 1.54) is 19.6 Å². The molecule has 1 atom stereocenters. The van der Waals surface area contributed by atoms with E-state index < -0.39 is 12.0 Å². The molecule has 1 rings (SSSR count). The normalized spacial score (nSPS) is 11.7. The Morgan fingerprint density at radius 3 is 2.33 bits per heavy atom. The summed E-state index contributed by atoms with van der Waals surface area (Å²) in [5.41, 5.74) is 1.95. The van der Waals surface area contributed by atoms with Crippen molar-refractivity contribution in [3.8, 4) is 0 Å². The molecular weight excluding hydrogens is 230 g/mol. The average Bonchev–Trinajstić information content (AvgIpc) is 2.36. The molecule has 1 unspecified atom stereocenters. The fourth-order valence-corrected chi connectivity index (χ4v) is 1.76. The summed E-state index contributed by atoms with van der Waals surface area (Å²) < 4.78 is 4.69. The van der Waals surface area contributed by atoms with Gasteiger partial charge in [0.15, 0.2) is 6.04 Å². The Kier molecular flexibility index (Phi) is 5.36. The molecule has 1 amide bonds. The number of ether oxygens (including phenoxy) is 1. The fraction of sp³-hybridized carbons (Fsp3) is 0.429. The first-order valence-corrected chi connectivity index (χ1v) is 6.02. The molecule has 0 aliphatic rings. The van der Waals surface area contributed by atoms with Crippen molar-refractivity contribution < 1.29 is 14.3 Å². The zero-order chi connectivity index (χ0) is 13.5. The summed E-state index contributed by atoms with van der Waals surface area (Å²) in [5, 5.41) is 2.58. The fourth-order valence-electron chi connectivity index (χ4n) is 1.76. The highest BCUT2D eigenvalue weighted by Crippen LogP contribution is 2.16. The molecule has 4 heteroatoms. The molecule has 1 N–H and O–H groups in total. The molecule has 98 valence electrons. The van der Waals surface area contributed by atoms with Gasteiger partial charge in [-0.05, 0) is 17.5 Å². The predicted molar refractivity (Wildman–Crippen MR) is 69.0 cm³/mol. The molecule has 0 saturated carbocycles. The highest BCUT2D eigenvalue weighted by atomic mass is 16.5. The van der Waals surface area contributed by atoms with E-state index in [-0.39, 0.29) is 5.91 Å². The van der Waals surface area contributed by atoms with Crippen LogP contribution in [0.25, 0.3) is 0 Å². The zero-order valence-electron chi connectivity index (χ0n) is 11.0. The molecule has 0 aliphatic carbocycles. The zero-order valence-corrected chi connectivity index (χ0v) is 11.0. The molecule has 18 heavy (non-hydrogen) atoms. The number of rotatable bonds is 5. The molecular formula is C14H19NO3. The highest BCUT2D eigenvalue weighted by Gasteiger charge is 2.21. The van der Waals surface area contributed by atoms with Crippen LogP contribution in [0.4, 0.5) is 0 Å². The molecule has 0 heterocycles. The third kappa shape index (κ3) is 3.87. The quantitative estimate of drug-likeness (QED) is 0.812. The minimum absolute atomic E-state index is 0.261. The van der Waals surface area contributed by atoms with Gasteiger partial charge in [0, 0.05) is 6.92 Å². The van der Waals surface area contributed by atoms with Gasteiger partial charge in [-0.1, -0.05) is 37.6 Å². The first kappa shape index (κ1) is 14.2. The van der Waals surface area contributed by atoms with E-state index in [9.17, 15) is 9.59 Å². The van der Waals surface area contributed by atoms with Gasteiger partial charge in [0.05, 0.1) is 7.11 Å². The van der Waals surface area contributed by atoms with E-state index in [0.717, 1.165) is 18.4 Å². The number of nitrogens with one attached hydrogen (secondary N) is 1. The Balaban J connectivity index is 2.90. The summed E-state index contributed by atoms with van der Waals surface area (Å²) in [6.45, 7) is 3.49. The Morgan fingerprint density at radius 1 is 1.28 bits per heavy atom. The lowest BCUT2D eigenvalue weighted by Gasteiger charge is -2.16. The second kappa shape index (κ2) is 6.79. The van der Waals surface area contributed by atoms with E-state index >= 15 is 0 Å². The summed E-state index contributed by atoms with van der Waals surface area (Å²) in [7, 11) is 1.31. The van der Waals surface area contributed by atoms with Gasteiger partial charge in [0.25, 0.3) is 0 Å². The maximum Gasteiger partial charge on any atom is 0.333 e. The summed E-state index contributed by atoms with van der Waals surface area (Å²) in [6.07, 6.45) is 2.08. The maximum atomic E-state index is 11.6. The van der Waals surface area contributed by atoms with Crippen molar-refractivity contribution in [3.63, 3.8) is 0 Å². The van der Waals surface area contributed by atoms with Crippen LogP contribution in [0.3, 0.4) is 0 Å². The van der Waals surface area contributed by atoms with Gasteiger partial charge >= 0.3 is 5.97 Å². The van der Waals surface area contributed by atoms with Crippen molar-refractivity contribution in [1.29, 1.82) is 0 Å². The van der Waals surface area contributed by atoms with Crippen molar-refractivity contribution in [2.45, 2.75) is 32.7 Å². The molecule has 1 aromatic rings. The number of carbonyl (C=O) groups is 2. The Labute approximate surface area is 107 Å². The van der Waals surface area contributed by atoms with Crippen LogP contribution in [-0.2, 0) is 20.7 Å². The summed E-state index contributed by atoms with van der Waals surface area (Å²) >= 11 is 0. The van der Waals surface area contributed by atoms with Gasteiger partial charge in [0.1, 0.15) is 0 Å². The molecule has 0 fully saturated rings. The lowest BCUT2D eigenvalue weighted by molar-refractivity contribution is -0.145. The van der Waals surface area contributed by atoms with Crippen LogP contribution in [0, 0.1) is 0 Å². The molecule has 1 aromatic carbocycles. The number of hydrogen-bond acceptors (Lipinski definition) is 3. The number of methoxy groups -OCH3 is 1. The summed E-state index contributed by atoms with van der Waals surface area (Å²) in [6, 6.07) is 6.90. The van der Waals surface area contributed by atoms with Crippen molar-refractivity contribution in [2.75, 3.05) is 7.11 Å². The predicted octanol–water partition coefficient (Wildman–Crippen LogP) is 1.99. The smallest absolute Gasteiger partial charge is 0.333 e. The minimum Gasteiger partial charge on any atom is -0.467 e. The standard InChI is InChI=1S/C14H19NO3/c1-4-5-11-6-8-12(9-7-11)13(14(17)18-3)15-10(2)16/h6-9,13H,4-5H2,1-3H3,(H,15,16). The van der Waals surface area contributed by atoms with Crippen molar-refractivity contribution in [1.82, 2.24) is 5.32 Å². The van der Waals surface area contributed by atoms with Crippen molar-refractivity contribution in [2.24, 2.45) is 0 Å². The topological polar surface area (TPSA) is 55.4 Å². The van der Waals surface area contributed by atoms with Crippen LogP contribution in [0.15, 0.2) is 24.3 Å². The van der Waals surface area contributed by atoms with Gasteiger partial charge in [-0.15, -0.1) is 0 Å². The first-order valence-electron chi connectivity index (χ1n) is 6.02. The molecule has 0 bridgehead atoms. The number of hydrogen-bond donors (Lipinski definition) is 1. The van der Waals surface area contributed by atoms with E-state index in [2.05, 4.69) is 12.2 Å². The van der Waals surface area contributed by atoms with E-state index in [0.29, 0.717) is 0 Å². The van der Waals surface area contributed by atoms with Gasteiger partial charge < -0.3 is 10.1 Å². The van der Waals surface area contributed by atoms with Crippen LogP contribution in [-0.4, -0.2) is 19.0 Å². The second-order valence-corrected chi connectivity index (χ2v) is 4.15. The lowest BCUT2D eigenvalue weighted by Crippen LogP contribution is -2.32. The monoisotopic (exact) mass is 249 g/mol. The molecule has 0 saturated heterocycles. The largest absolute Gasteiger partial charge is 0.467 e. The summed E-state index contributed by atoms with van der Waals surface area (Å²) in [5.74, 6) is -0.725. The summed E-state index contributed by atoms with van der Waals surface area (Å²) in [4.78, 5) is 22.7. The minimum atomic E-state index is -0.733. The third-order valence-corrected chi connectivity index (χ3v) is 2.64. The number of aryl methyl sites for hydroxylation is 1. The number of carbonyl (C=O) groups excluding carboxylic acids is 2. The molecule has 4 nitrogen and oxygen atoms in total. The second-order valence-electron chi connectivity index (χ2n) is 4.15. The highest BCUT2D eigenvalue weighted by molar-refractivity contribution is 5.84. The van der Waals surface area contributed by atoms with E-state index in [4.69, 9.17) is 4.74 Å². The van der Waals surface area contributed by atoms with Crippen LogP contribution in [0.2, 0.25) is 0 Å². The van der Waals surface area contributed by atoms with E-state index in [1.54, 1.807) is 0 Å². The number of amides is 1. The third-order valence-electron chi connectivity index (χ3n) is 2.64. The Hall–Kier alpha value is -1.84. The molecule has 0 aromatic heterocycles. The van der Waals surface area contributed by atoms with Crippen molar-refractivity contribution >= 4 is 11.9 Å². The average molecular weight is 249 g/mol. The van der Waals surface area contributed by atoms with E-state index in [1.807, 2.05) is 24.3 Å². The van der Waals surface area contributed by atoms with Gasteiger partial charge in [-0.2, -0.15) is 0 Å². The first-order chi connectivity index (χ1) is 8.58. The molecule has 0 spiro atoms. The van der Waals surface area contributed by atoms with Crippen LogP contribution in [0.1, 0.15) is 37.4 Å². The number of benzene rings is 1. The molecule has 0 aliphatic heterocycles. The van der Waals surface area contributed by atoms with Gasteiger partial charge in [-0.25, -0.2) is 4.79 Å². The Bertz CT molecular complexity index is 412. The lowest BCUT2D eigenvalue weighted by atomic mass is 10.0.